The second kappa shape index (κ2) is 8.72. The monoisotopic (exact) mass is 297 g/mol. The van der Waals surface area contributed by atoms with Crippen LogP contribution in [0.3, 0.4) is 0 Å². The van der Waals surface area contributed by atoms with E-state index in [4.69, 9.17) is 9.84 Å². The van der Waals surface area contributed by atoms with Gasteiger partial charge in [-0.3, -0.25) is 0 Å². The van der Waals surface area contributed by atoms with Gasteiger partial charge in [-0.1, -0.05) is 20.4 Å². The van der Waals surface area contributed by atoms with Gasteiger partial charge in [-0.05, 0) is 37.7 Å². The molecule has 0 radical (unpaired) electrons. The molecule has 2 atom stereocenters. The standard InChI is InChI=1S/C16H27NO4/c1-4-12(3)15(14(5-2)21-11-10-18)17-9-7-6-8-13(17)16(19)20/h5,12-13,18H,2,4,6-11H2,1,3H3,(H,19,20)/t12-,13+/m1/s1. The Balaban J connectivity index is 3.17. The van der Waals surface area contributed by atoms with E-state index in [0.717, 1.165) is 31.5 Å². The Morgan fingerprint density at radius 3 is 2.76 bits per heavy atom. The van der Waals surface area contributed by atoms with Crippen molar-refractivity contribution in [1.82, 2.24) is 4.90 Å². The summed E-state index contributed by atoms with van der Waals surface area (Å²) >= 11 is 0. The summed E-state index contributed by atoms with van der Waals surface area (Å²) in [5.74, 6) is -0.0238. The number of nitrogens with zero attached hydrogens (tertiary/aromatic N) is 1. The van der Waals surface area contributed by atoms with Crippen LogP contribution in [0.15, 0.2) is 24.1 Å². The van der Waals surface area contributed by atoms with Gasteiger partial charge in [0.15, 0.2) is 0 Å². The number of aliphatic carboxylic acids is 1. The molecule has 120 valence electrons. The van der Waals surface area contributed by atoms with Gasteiger partial charge in [-0.15, -0.1) is 0 Å². The van der Waals surface area contributed by atoms with Crippen molar-refractivity contribution < 1.29 is 19.7 Å². The molecule has 5 heteroatoms. The molecule has 1 heterocycles. The summed E-state index contributed by atoms with van der Waals surface area (Å²) in [5.41, 5.74) is 0.896. The van der Waals surface area contributed by atoms with Gasteiger partial charge in [0.25, 0.3) is 0 Å². The number of piperidine rings is 1. The number of carboxylic acids is 1. The molecule has 1 saturated heterocycles. The van der Waals surface area contributed by atoms with Crippen molar-refractivity contribution in [3.63, 3.8) is 0 Å². The molecule has 0 saturated carbocycles. The van der Waals surface area contributed by atoms with Crippen LogP contribution < -0.4 is 0 Å². The Kier molecular flexibility index (Phi) is 7.29. The number of allylic oxidation sites excluding steroid dienone is 2. The fraction of sp³-hybridized carbons (Fsp3) is 0.688. The molecule has 0 aromatic rings. The van der Waals surface area contributed by atoms with Crippen LogP contribution in [-0.4, -0.2) is 46.9 Å². The van der Waals surface area contributed by atoms with Crippen LogP contribution in [0.2, 0.25) is 0 Å². The predicted octanol–water partition coefficient (Wildman–Crippen LogP) is 2.38. The SMILES string of the molecule is C=CC(OCCO)=C([C@H](C)CC)N1CCCC[C@H]1C(=O)O. The number of rotatable bonds is 8. The normalized spacial score (nSPS) is 21.5. The summed E-state index contributed by atoms with van der Waals surface area (Å²) in [6, 6.07) is -0.504. The van der Waals surface area contributed by atoms with Crippen molar-refractivity contribution in [1.29, 1.82) is 0 Å². The number of ether oxygens (including phenoxy) is 1. The average Bonchev–Trinajstić information content (AvgIpc) is 2.50. The molecule has 0 aromatic heterocycles. The summed E-state index contributed by atoms with van der Waals surface area (Å²) in [7, 11) is 0. The third kappa shape index (κ3) is 4.49. The second-order valence-corrected chi connectivity index (χ2v) is 5.38. The highest BCUT2D eigenvalue weighted by Gasteiger charge is 2.33. The topological polar surface area (TPSA) is 70.0 Å². The lowest BCUT2D eigenvalue weighted by atomic mass is 9.95. The zero-order valence-corrected chi connectivity index (χ0v) is 13.0. The van der Waals surface area contributed by atoms with E-state index in [1.54, 1.807) is 6.08 Å². The van der Waals surface area contributed by atoms with E-state index in [1.165, 1.54) is 0 Å². The predicted molar refractivity (Wildman–Crippen MR) is 81.7 cm³/mol. The zero-order chi connectivity index (χ0) is 15.8. The van der Waals surface area contributed by atoms with Gasteiger partial charge in [0.2, 0.25) is 0 Å². The van der Waals surface area contributed by atoms with Crippen molar-refractivity contribution >= 4 is 5.97 Å². The Labute approximate surface area is 126 Å². The van der Waals surface area contributed by atoms with Crippen LogP contribution in [0.25, 0.3) is 0 Å². The quantitative estimate of drug-likeness (QED) is 0.532. The molecule has 0 bridgehead atoms. The van der Waals surface area contributed by atoms with Crippen LogP contribution >= 0.6 is 0 Å². The Morgan fingerprint density at radius 2 is 2.24 bits per heavy atom. The maximum absolute atomic E-state index is 11.5. The minimum absolute atomic E-state index is 0.0759. The van der Waals surface area contributed by atoms with E-state index < -0.39 is 12.0 Å². The number of aliphatic hydroxyl groups excluding tert-OH is 1. The zero-order valence-electron chi connectivity index (χ0n) is 13.0. The first-order valence-corrected chi connectivity index (χ1v) is 7.66. The minimum atomic E-state index is -0.791. The molecule has 0 amide bonds. The highest BCUT2D eigenvalue weighted by Crippen LogP contribution is 2.30. The molecular weight excluding hydrogens is 270 g/mol. The van der Waals surface area contributed by atoms with Gasteiger partial charge in [0.05, 0.1) is 12.3 Å². The summed E-state index contributed by atoms with van der Waals surface area (Å²) in [4.78, 5) is 13.5. The third-order valence-corrected chi connectivity index (χ3v) is 3.96. The highest BCUT2D eigenvalue weighted by atomic mass is 16.5. The van der Waals surface area contributed by atoms with Gasteiger partial charge in [-0.25, -0.2) is 4.79 Å². The molecule has 0 spiro atoms. The highest BCUT2D eigenvalue weighted by molar-refractivity contribution is 5.74. The van der Waals surface area contributed by atoms with E-state index in [-0.39, 0.29) is 19.1 Å². The molecule has 0 unspecified atom stereocenters. The van der Waals surface area contributed by atoms with Gasteiger partial charge in [0, 0.05) is 6.54 Å². The van der Waals surface area contributed by atoms with Crippen LogP contribution in [-0.2, 0) is 9.53 Å². The van der Waals surface area contributed by atoms with Gasteiger partial charge in [-0.2, -0.15) is 0 Å². The first-order chi connectivity index (χ1) is 10.1. The molecule has 1 fully saturated rings. The van der Waals surface area contributed by atoms with Crippen molar-refractivity contribution in [2.75, 3.05) is 19.8 Å². The Hall–Kier alpha value is -1.49. The van der Waals surface area contributed by atoms with E-state index in [9.17, 15) is 9.90 Å². The number of carbonyl (C=O) groups is 1. The maximum Gasteiger partial charge on any atom is 0.326 e. The van der Waals surface area contributed by atoms with Crippen molar-refractivity contribution in [3.05, 3.63) is 24.1 Å². The second-order valence-electron chi connectivity index (χ2n) is 5.38. The summed E-state index contributed by atoms with van der Waals surface area (Å²) < 4.78 is 5.58. The minimum Gasteiger partial charge on any atom is -0.489 e. The van der Waals surface area contributed by atoms with Crippen molar-refractivity contribution in [2.45, 2.75) is 45.6 Å². The maximum atomic E-state index is 11.5. The number of hydrogen-bond donors (Lipinski definition) is 2. The number of carboxylic acid groups (broad SMARTS) is 1. The lowest BCUT2D eigenvalue weighted by Gasteiger charge is -2.39. The van der Waals surface area contributed by atoms with E-state index in [2.05, 4.69) is 20.4 Å². The smallest absolute Gasteiger partial charge is 0.326 e. The van der Waals surface area contributed by atoms with E-state index in [0.29, 0.717) is 12.2 Å². The van der Waals surface area contributed by atoms with Crippen LogP contribution in [0.5, 0.6) is 0 Å². The molecule has 0 aliphatic carbocycles. The summed E-state index contributed by atoms with van der Waals surface area (Å²) in [6.07, 6.45) is 5.07. The first-order valence-electron chi connectivity index (χ1n) is 7.66. The van der Waals surface area contributed by atoms with Gasteiger partial charge in [0.1, 0.15) is 18.4 Å². The first kappa shape index (κ1) is 17.6. The van der Waals surface area contributed by atoms with Crippen LogP contribution in [0.1, 0.15) is 39.5 Å². The Morgan fingerprint density at radius 1 is 1.52 bits per heavy atom. The summed E-state index contributed by atoms with van der Waals surface area (Å²) in [5, 5.41) is 18.4. The lowest BCUT2D eigenvalue weighted by molar-refractivity contribution is -0.143. The van der Waals surface area contributed by atoms with Crippen molar-refractivity contribution in [2.24, 2.45) is 5.92 Å². The summed E-state index contributed by atoms with van der Waals surface area (Å²) in [6.45, 7) is 8.74. The van der Waals surface area contributed by atoms with Crippen LogP contribution in [0, 0.1) is 5.92 Å². The van der Waals surface area contributed by atoms with Gasteiger partial charge < -0.3 is 19.8 Å². The van der Waals surface area contributed by atoms with Crippen LogP contribution in [0.4, 0.5) is 0 Å². The molecule has 0 aromatic carbocycles. The Bertz CT molecular complexity index is 392. The average molecular weight is 297 g/mol. The van der Waals surface area contributed by atoms with E-state index >= 15 is 0 Å². The molecular formula is C16H27NO4. The molecule has 5 nitrogen and oxygen atoms in total. The van der Waals surface area contributed by atoms with Gasteiger partial charge >= 0.3 is 5.97 Å². The van der Waals surface area contributed by atoms with Crippen molar-refractivity contribution in [3.8, 4) is 0 Å². The number of likely N-dealkylation sites (tertiary alicyclic amines) is 1. The molecule has 2 N–H and O–H groups in total. The fourth-order valence-corrected chi connectivity index (χ4v) is 2.73. The molecule has 21 heavy (non-hydrogen) atoms. The van der Waals surface area contributed by atoms with E-state index in [1.807, 2.05) is 4.90 Å². The molecule has 1 rings (SSSR count). The number of hydrogen-bond acceptors (Lipinski definition) is 4. The number of aliphatic hydroxyl groups is 1. The molecule has 1 aliphatic rings. The lowest BCUT2D eigenvalue weighted by Crippen LogP contribution is -2.45. The fourth-order valence-electron chi connectivity index (χ4n) is 2.73. The largest absolute Gasteiger partial charge is 0.489 e. The third-order valence-electron chi connectivity index (χ3n) is 3.96. The molecule has 1 aliphatic heterocycles.